The van der Waals surface area contributed by atoms with Crippen molar-refractivity contribution < 1.29 is 14.8 Å². The van der Waals surface area contributed by atoms with E-state index in [-0.39, 0.29) is 5.69 Å². The summed E-state index contributed by atoms with van der Waals surface area (Å²) in [5, 5.41) is 20.1. The second kappa shape index (κ2) is 4.89. The summed E-state index contributed by atoms with van der Waals surface area (Å²) in [4.78, 5) is 26.9. The van der Waals surface area contributed by atoms with Crippen LogP contribution >= 0.6 is 15.9 Å². The van der Waals surface area contributed by atoms with Crippen LogP contribution in [0.15, 0.2) is 16.9 Å². The summed E-state index contributed by atoms with van der Waals surface area (Å²) in [7, 11) is 0. The van der Waals surface area contributed by atoms with Gasteiger partial charge in [-0.05, 0) is 28.8 Å². The molecule has 0 unspecified atom stereocenters. The van der Waals surface area contributed by atoms with E-state index >= 15 is 0 Å². The van der Waals surface area contributed by atoms with E-state index in [9.17, 15) is 14.9 Å². The van der Waals surface area contributed by atoms with E-state index in [1.165, 1.54) is 6.20 Å². The minimum atomic E-state index is -0.967. The molecule has 0 amide bonds. The van der Waals surface area contributed by atoms with Crippen molar-refractivity contribution in [2.24, 2.45) is 0 Å². The number of carbonyl (C=O) groups is 1. The minimum Gasteiger partial charge on any atom is -0.480 e. The van der Waals surface area contributed by atoms with Gasteiger partial charge in [0.15, 0.2) is 0 Å². The summed E-state index contributed by atoms with van der Waals surface area (Å²) in [5.41, 5.74) is 0.109. The normalized spacial score (nSPS) is 18.9. The van der Waals surface area contributed by atoms with E-state index in [4.69, 9.17) is 5.11 Å². The molecule has 0 saturated carbocycles. The molecule has 18 heavy (non-hydrogen) atoms. The van der Waals surface area contributed by atoms with Crippen molar-refractivity contribution in [2.45, 2.75) is 18.9 Å². The lowest BCUT2D eigenvalue weighted by atomic mass is 10.2. The van der Waals surface area contributed by atoms with Gasteiger partial charge in [0.25, 0.3) is 0 Å². The van der Waals surface area contributed by atoms with Crippen LogP contribution in [0.1, 0.15) is 12.8 Å². The molecule has 1 aromatic heterocycles. The van der Waals surface area contributed by atoms with E-state index in [2.05, 4.69) is 20.9 Å². The Balaban J connectivity index is 2.50. The number of carboxylic acids is 1. The molecule has 2 heterocycles. The molecule has 0 radical (unpaired) electrons. The lowest BCUT2D eigenvalue weighted by Crippen LogP contribution is -2.36. The number of carboxylic acid groups (broad SMARTS) is 1. The number of pyridine rings is 1. The van der Waals surface area contributed by atoms with E-state index < -0.39 is 16.9 Å². The van der Waals surface area contributed by atoms with E-state index in [0.29, 0.717) is 29.5 Å². The number of anilines is 1. The first kappa shape index (κ1) is 12.7. The first-order valence-electron chi connectivity index (χ1n) is 5.29. The Morgan fingerprint density at radius 3 is 2.94 bits per heavy atom. The summed E-state index contributed by atoms with van der Waals surface area (Å²) in [6, 6.07) is -0.720. The summed E-state index contributed by atoms with van der Waals surface area (Å²) in [6.07, 6.45) is 3.75. The molecular weight excluding hydrogens is 306 g/mol. The SMILES string of the molecule is O=C(O)[C@@H]1CCCN1c1c(Br)cncc1[N+](=O)[O-]. The summed E-state index contributed by atoms with van der Waals surface area (Å²) in [5.74, 6) is -0.967. The molecule has 96 valence electrons. The molecule has 2 rings (SSSR count). The predicted octanol–water partition coefficient (Wildman–Crippen LogP) is 1.81. The number of nitrogens with zero attached hydrogens (tertiary/aromatic N) is 3. The molecule has 1 atom stereocenters. The molecular formula is C10H10BrN3O4. The van der Waals surface area contributed by atoms with E-state index in [0.717, 1.165) is 6.20 Å². The fourth-order valence-corrected chi connectivity index (χ4v) is 2.68. The van der Waals surface area contributed by atoms with Gasteiger partial charge in [0.05, 0.1) is 9.40 Å². The van der Waals surface area contributed by atoms with Crippen LogP contribution in [0.3, 0.4) is 0 Å². The fourth-order valence-electron chi connectivity index (χ4n) is 2.13. The van der Waals surface area contributed by atoms with Crippen molar-refractivity contribution in [3.8, 4) is 0 Å². The van der Waals surface area contributed by atoms with Crippen LogP contribution in [-0.2, 0) is 4.79 Å². The second-order valence-electron chi connectivity index (χ2n) is 3.94. The highest BCUT2D eigenvalue weighted by Crippen LogP contribution is 2.38. The van der Waals surface area contributed by atoms with Crippen molar-refractivity contribution in [3.63, 3.8) is 0 Å². The molecule has 0 spiro atoms. The van der Waals surface area contributed by atoms with Gasteiger partial charge in [-0.2, -0.15) is 0 Å². The highest BCUT2D eigenvalue weighted by molar-refractivity contribution is 9.10. The minimum absolute atomic E-state index is 0.183. The highest BCUT2D eigenvalue weighted by atomic mass is 79.9. The number of aromatic nitrogens is 1. The Morgan fingerprint density at radius 1 is 1.61 bits per heavy atom. The lowest BCUT2D eigenvalue weighted by Gasteiger charge is -2.24. The number of rotatable bonds is 3. The average Bonchev–Trinajstić information content (AvgIpc) is 2.77. The molecule has 0 aromatic carbocycles. The predicted molar refractivity (Wildman–Crippen MR) is 66.6 cm³/mol. The average molecular weight is 316 g/mol. The maximum atomic E-state index is 11.1. The summed E-state index contributed by atoms with van der Waals surface area (Å²) < 4.78 is 0.435. The Labute approximate surface area is 111 Å². The molecule has 1 fully saturated rings. The number of halogens is 1. The van der Waals surface area contributed by atoms with Crippen molar-refractivity contribution in [2.75, 3.05) is 11.4 Å². The maximum Gasteiger partial charge on any atom is 0.326 e. The Kier molecular flexibility index (Phi) is 3.46. The van der Waals surface area contributed by atoms with Crippen molar-refractivity contribution in [3.05, 3.63) is 27.0 Å². The van der Waals surface area contributed by atoms with Crippen LogP contribution < -0.4 is 4.90 Å². The van der Waals surface area contributed by atoms with Crippen LogP contribution in [0.2, 0.25) is 0 Å². The molecule has 1 N–H and O–H groups in total. The van der Waals surface area contributed by atoms with E-state index in [1.807, 2.05) is 0 Å². The molecule has 8 heteroatoms. The first-order chi connectivity index (χ1) is 8.52. The topological polar surface area (TPSA) is 96.6 Å². The number of aliphatic carboxylic acids is 1. The zero-order valence-corrected chi connectivity index (χ0v) is 10.8. The molecule has 1 saturated heterocycles. The molecule has 0 aliphatic carbocycles. The van der Waals surface area contributed by atoms with Gasteiger partial charge in [-0.1, -0.05) is 0 Å². The van der Waals surface area contributed by atoms with Crippen LogP contribution in [0.5, 0.6) is 0 Å². The van der Waals surface area contributed by atoms with E-state index in [1.54, 1.807) is 4.90 Å². The first-order valence-corrected chi connectivity index (χ1v) is 6.09. The van der Waals surface area contributed by atoms with Crippen LogP contribution in [0.25, 0.3) is 0 Å². The maximum absolute atomic E-state index is 11.1. The highest BCUT2D eigenvalue weighted by Gasteiger charge is 2.35. The lowest BCUT2D eigenvalue weighted by molar-refractivity contribution is -0.384. The van der Waals surface area contributed by atoms with Gasteiger partial charge < -0.3 is 10.0 Å². The zero-order chi connectivity index (χ0) is 13.3. The zero-order valence-electron chi connectivity index (χ0n) is 9.24. The third-order valence-electron chi connectivity index (χ3n) is 2.88. The van der Waals surface area contributed by atoms with Gasteiger partial charge in [0.2, 0.25) is 0 Å². The van der Waals surface area contributed by atoms with Crippen LogP contribution in [-0.4, -0.2) is 33.6 Å². The quantitative estimate of drug-likeness (QED) is 0.675. The van der Waals surface area contributed by atoms with Gasteiger partial charge in [0.1, 0.15) is 17.9 Å². The van der Waals surface area contributed by atoms with Crippen molar-refractivity contribution >= 4 is 33.3 Å². The number of hydrogen-bond acceptors (Lipinski definition) is 5. The van der Waals surface area contributed by atoms with Gasteiger partial charge in [-0.25, -0.2) is 4.79 Å². The smallest absolute Gasteiger partial charge is 0.326 e. The van der Waals surface area contributed by atoms with Gasteiger partial charge in [-0.3, -0.25) is 15.1 Å². The third-order valence-corrected chi connectivity index (χ3v) is 3.46. The molecule has 1 aliphatic rings. The van der Waals surface area contributed by atoms with Gasteiger partial charge in [0, 0.05) is 12.7 Å². The fraction of sp³-hybridized carbons (Fsp3) is 0.400. The number of nitro groups is 1. The Morgan fingerprint density at radius 2 is 2.33 bits per heavy atom. The van der Waals surface area contributed by atoms with Crippen LogP contribution in [0, 0.1) is 10.1 Å². The van der Waals surface area contributed by atoms with Crippen LogP contribution in [0.4, 0.5) is 11.4 Å². The monoisotopic (exact) mass is 315 g/mol. The summed E-state index contributed by atoms with van der Waals surface area (Å²) >= 11 is 3.20. The third kappa shape index (κ3) is 2.15. The molecule has 1 aromatic rings. The van der Waals surface area contributed by atoms with Crippen molar-refractivity contribution in [1.82, 2.24) is 4.98 Å². The largest absolute Gasteiger partial charge is 0.480 e. The standard InChI is InChI=1S/C10H10BrN3O4/c11-6-4-12-5-8(14(17)18)9(6)13-3-1-2-7(13)10(15)16/h4-5,7H,1-3H2,(H,15,16)/t7-/m0/s1. The van der Waals surface area contributed by atoms with Gasteiger partial charge >= 0.3 is 11.7 Å². The molecule has 1 aliphatic heterocycles. The second-order valence-corrected chi connectivity index (χ2v) is 4.79. The molecule has 0 bridgehead atoms. The Bertz CT molecular complexity index is 508. The molecule has 7 nitrogen and oxygen atoms in total. The van der Waals surface area contributed by atoms with Crippen molar-refractivity contribution in [1.29, 1.82) is 0 Å². The number of hydrogen-bond donors (Lipinski definition) is 1. The summed E-state index contributed by atoms with van der Waals surface area (Å²) in [6.45, 7) is 0.487. The van der Waals surface area contributed by atoms with Gasteiger partial charge in [-0.15, -0.1) is 0 Å². The Hall–Kier alpha value is -1.70.